The van der Waals surface area contributed by atoms with Crippen molar-refractivity contribution in [3.63, 3.8) is 0 Å². The van der Waals surface area contributed by atoms with E-state index in [4.69, 9.17) is 5.11 Å². The van der Waals surface area contributed by atoms with Crippen LogP contribution in [0.4, 0.5) is 0 Å². The van der Waals surface area contributed by atoms with E-state index in [1.54, 1.807) is 6.92 Å². The molecule has 2 rings (SSSR count). The molecule has 0 bridgehead atoms. The molecule has 3 nitrogen and oxygen atoms in total. The van der Waals surface area contributed by atoms with Gasteiger partial charge in [-0.1, -0.05) is 0 Å². The van der Waals surface area contributed by atoms with Crippen LogP contribution in [0.15, 0.2) is 0 Å². The smallest absolute Gasteiger partial charge is 0.0928 e. The summed E-state index contributed by atoms with van der Waals surface area (Å²) in [4.78, 5) is 2.11. The van der Waals surface area contributed by atoms with Crippen LogP contribution in [0.5, 0.6) is 0 Å². The summed E-state index contributed by atoms with van der Waals surface area (Å²) in [6, 6.07) is 0. The second-order valence-corrected chi connectivity index (χ2v) is 4.40. The van der Waals surface area contributed by atoms with Gasteiger partial charge in [0.15, 0.2) is 0 Å². The Labute approximate surface area is 73.0 Å². The molecular weight excluding hydrogens is 154 g/mol. The SMILES string of the molecule is CC(O)CN1CC(O)(C2CC2)C1. The Hall–Kier alpha value is -0.120. The number of aliphatic hydroxyl groups is 2. The van der Waals surface area contributed by atoms with Crippen molar-refractivity contribution in [2.75, 3.05) is 19.6 Å². The summed E-state index contributed by atoms with van der Waals surface area (Å²) in [5.74, 6) is 0.558. The van der Waals surface area contributed by atoms with Gasteiger partial charge in [-0.2, -0.15) is 0 Å². The number of hydrogen-bond donors (Lipinski definition) is 2. The van der Waals surface area contributed by atoms with Crippen LogP contribution in [0.2, 0.25) is 0 Å². The highest BCUT2D eigenvalue weighted by Gasteiger charge is 2.51. The molecule has 0 aromatic carbocycles. The van der Waals surface area contributed by atoms with Gasteiger partial charge in [-0.05, 0) is 25.7 Å². The molecule has 1 saturated carbocycles. The molecule has 1 atom stereocenters. The molecule has 1 aliphatic carbocycles. The van der Waals surface area contributed by atoms with Crippen molar-refractivity contribution in [2.24, 2.45) is 5.92 Å². The van der Waals surface area contributed by atoms with E-state index in [-0.39, 0.29) is 6.10 Å². The maximum atomic E-state index is 9.91. The lowest BCUT2D eigenvalue weighted by Crippen LogP contribution is -2.64. The van der Waals surface area contributed by atoms with E-state index >= 15 is 0 Å². The molecule has 0 amide bonds. The average Bonchev–Trinajstić information content (AvgIpc) is 2.62. The van der Waals surface area contributed by atoms with E-state index in [0.717, 1.165) is 13.1 Å². The zero-order valence-electron chi connectivity index (χ0n) is 7.53. The van der Waals surface area contributed by atoms with Crippen molar-refractivity contribution < 1.29 is 10.2 Å². The molecule has 2 N–H and O–H groups in total. The Balaban J connectivity index is 1.75. The van der Waals surface area contributed by atoms with Gasteiger partial charge in [0.1, 0.15) is 0 Å². The number of nitrogens with zero attached hydrogens (tertiary/aromatic N) is 1. The largest absolute Gasteiger partial charge is 0.392 e. The highest BCUT2D eigenvalue weighted by atomic mass is 16.3. The second kappa shape index (κ2) is 2.69. The summed E-state index contributed by atoms with van der Waals surface area (Å²) in [5.41, 5.74) is -0.394. The molecular formula is C9H17NO2. The maximum Gasteiger partial charge on any atom is 0.0928 e. The lowest BCUT2D eigenvalue weighted by Gasteiger charge is -2.47. The van der Waals surface area contributed by atoms with Gasteiger partial charge in [0.2, 0.25) is 0 Å². The summed E-state index contributed by atoms with van der Waals surface area (Å²) in [6.45, 7) is 4.02. The maximum absolute atomic E-state index is 9.91. The van der Waals surface area contributed by atoms with Crippen molar-refractivity contribution in [3.05, 3.63) is 0 Å². The Bertz CT molecular complexity index is 171. The van der Waals surface area contributed by atoms with Gasteiger partial charge < -0.3 is 10.2 Å². The minimum atomic E-state index is -0.394. The minimum Gasteiger partial charge on any atom is -0.392 e. The normalized spacial score (nSPS) is 31.2. The van der Waals surface area contributed by atoms with E-state index in [1.807, 2.05) is 0 Å². The molecule has 12 heavy (non-hydrogen) atoms. The first-order valence-electron chi connectivity index (χ1n) is 4.73. The van der Waals surface area contributed by atoms with Crippen LogP contribution in [0.25, 0.3) is 0 Å². The summed E-state index contributed by atoms with van der Waals surface area (Å²) >= 11 is 0. The Morgan fingerprint density at radius 3 is 2.50 bits per heavy atom. The second-order valence-electron chi connectivity index (χ2n) is 4.40. The first-order valence-corrected chi connectivity index (χ1v) is 4.73. The van der Waals surface area contributed by atoms with Gasteiger partial charge in [-0.15, -0.1) is 0 Å². The van der Waals surface area contributed by atoms with Gasteiger partial charge >= 0.3 is 0 Å². The topological polar surface area (TPSA) is 43.7 Å². The van der Waals surface area contributed by atoms with E-state index in [2.05, 4.69) is 4.90 Å². The summed E-state index contributed by atoms with van der Waals surface area (Å²) in [5, 5.41) is 19.0. The zero-order valence-corrected chi connectivity index (χ0v) is 7.53. The van der Waals surface area contributed by atoms with Crippen LogP contribution in [0.3, 0.4) is 0 Å². The van der Waals surface area contributed by atoms with Crippen LogP contribution in [0, 0.1) is 5.92 Å². The molecule has 1 aliphatic heterocycles. The Morgan fingerprint density at radius 1 is 1.50 bits per heavy atom. The van der Waals surface area contributed by atoms with Crippen molar-refractivity contribution in [1.29, 1.82) is 0 Å². The molecule has 0 spiro atoms. The predicted molar refractivity (Wildman–Crippen MR) is 45.8 cm³/mol. The monoisotopic (exact) mass is 171 g/mol. The van der Waals surface area contributed by atoms with Crippen LogP contribution in [-0.4, -0.2) is 46.5 Å². The summed E-state index contributed by atoms with van der Waals surface area (Å²) < 4.78 is 0. The van der Waals surface area contributed by atoms with Crippen molar-refractivity contribution in [1.82, 2.24) is 4.90 Å². The third-order valence-corrected chi connectivity index (χ3v) is 2.85. The molecule has 2 aliphatic rings. The van der Waals surface area contributed by atoms with Gasteiger partial charge in [-0.25, -0.2) is 0 Å². The minimum absolute atomic E-state index is 0.270. The number of aliphatic hydroxyl groups excluding tert-OH is 1. The lowest BCUT2D eigenvalue weighted by atomic mass is 9.88. The van der Waals surface area contributed by atoms with Crippen LogP contribution < -0.4 is 0 Å². The molecule has 2 fully saturated rings. The average molecular weight is 171 g/mol. The quantitative estimate of drug-likeness (QED) is 0.619. The molecule has 1 saturated heterocycles. The van der Waals surface area contributed by atoms with Gasteiger partial charge in [0.25, 0.3) is 0 Å². The van der Waals surface area contributed by atoms with Crippen molar-refractivity contribution >= 4 is 0 Å². The molecule has 70 valence electrons. The predicted octanol–water partition coefficient (Wildman–Crippen LogP) is -0.176. The number of rotatable bonds is 3. The van der Waals surface area contributed by atoms with Crippen molar-refractivity contribution in [3.8, 4) is 0 Å². The highest BCUT2D eigenvalue weighted by Crippen LogP contribution is 2.44. The van der Waals surface area contributed by atoms with E-state index in [1.165, 1.54) is 12.8 Å². The first-order chi connectivity index (χ1) is 5.60. The van der Waals surface area contributed by atoms with Crippen LogP contribution in [-0.2, 0) is 0 Å². The van der Waals surface area contributed by atoms with Gasteiger partial charge in [-0.3, -0.25) is 4.90 Å². The molecule has 1 unspecified atom stereocenters. The molecule has 0 aromatic heterocycles. The van der Waals surface area contributed by atoms with E-state index in [0.29, 0.717) is 12.5 Å². The summed E-state index contributed by atoms with van der Waals surface area (Å²) in [6.07, 6.45) is 2.12. The third kappa shape index (κ3) is 1.49. The fraction of sp³-hybridized carbons (Fsp3) is 1.00. The molecule has 0 radical (unpaired) electrons. The number of β-amino-alcohol motifs (C(OH)–C–C–N with tert-alkyl or cyclic N) is 2. The van der Waals surface area contributed by atoms with Gasteiger partial charge in [0.05, 0.1) is 11.7 Å². The highest BCUT2D eigenvalue weighted by molar-refractivity contribution is 5.05. The third-order valence-electron chi connectivity index (χ3n) is 2.85. The van der Waals surface area contributed by atoms with Crippen molar-refractivity contribution in [2.45, 2.75) is 31.5 Å². The standard InChI is InChI=1S/C9H17NO2/c1-7(11)4-10-5-9(12,6-10)8-2-3-8/h7-8,11-12H,2-6H2,1H3. The lowest BCUT2D eigenvalue weighted by molar-refractivity contribution is -0.121. The fourth-order valence-electron chi connectivity index (χ4n) is 2.11. The number of likely N-dealkylation sites (tertiary alicyclic amines) is 1. The fourth-order valence-corrected chi connectivity index (χ4v) is 2.11. The number of hydrogen-bond acceptors (Lipinski definition) is 3. The van der Waals surface area contributed by atoms with Crippen LogP contribution in [0.1, 0.15) is 19.8 Å². The van der Waals surface area contributed by atoms with E-state index < -0.39 is 5.60 Å². The Morgan fingerprint density at radius 2 is 2.08 bits per heavy atom. The molecule has 0 aromatic rings. The molecule has 3 heteroatoms. The van der Waals surface area contributed by atoms with E-state index in [9.17, 15) is 5.11 Å². The zero-order chi connectivity index (χ0) is 8.77. The first kappa shape index (κ1) is 8.48. The van der Waals surface area contributed by atoms with Crippen LogP contribution >= 0.6 is 0 Å². The van der Waals surface area contributed by atoms with Gasteiger partial charge in [0, 0.05) is 19.6 Å². The summed E-state index contributed by atoms with van der Waals surface area (Å²) in [7, 11) is 0. The Kier molecular flexibility index (Phi) is 1.90. The molecule has 1 heterocycles.